The first kappa shape index (κ1) is 11.1. The topological polar surface area (TPSA) is 66.4 Å². The normalized spacial score (nSPS) is 46.9. The van der Waals surface area contributed by atoms with Gasteiger partial charge in [0.2, 0.25) is 5.91 Å². The van der Waals surface area contributed by atoms with E-state index in [2.05, 4.69) is 5.32 Å². The maximum absolute atomic E-state index is 12.1. The van der Waals surface area contributed by atoms with Crippen LogP contribution in [0.4, 0.5) is 0 Å². The Kier molecular flexibility index (Phi) is 2.11. The molecule has 4 fully saturated rings. The van der Waals surface area contributed by atoms with Crippen molar-refractivity contribution >= 4 is 11.9 Å². The monoisotopic (exact) mass is 237 g/mol. The molecule has 0 saturated heterocycles. The number of amides is 1. The Balaban J connectivity index is 2.00. The maximum atomic E-state index is 12.1. The van der Waals surface area contributed by atoms with Crippen molar-refractivity contribution in [3.63, 3.8) is 0 Å². The number of carboxylic acid groups (broad SMARTS) is 1. The molecule has 0 spiro atoms. The molecule has 0 heterocycles. The van der Waals surface area contributed by atoms with E-state index in [9.17, 15) is 14.7 Å². The van der Waals surface area contributed by atoms with Gasteiger partial charge in [-0.1, -0.05) is 0 Å². The van der Waals surface area contributed by atoms with Gasteiger partial charge in [-0.25, -0.2) is 0 Å². The molecule has 0 aromatic rings. The highest BCUT2D eigenvalue weighted by Crippen LogP contribution is 2.65. The van der Waals surface area contributed by atoms with E-state index >= 15 is 0 Å². The largest absolute Gasteiger partial charge is 0.481 e. The van der Waals surface area contributed by atoms with Crippen LogP contribution in [0.2, 0.25) is 0 Å². The molecule has 4 aliphatic rings. The van der Waals surface area contributed by atoms with E-state index in [1.165, 1.54) is 0 Å². The standard InChI is InChI=1S/C13H19NO3/c1-14-10(15)12-3-8-2-9(4-12)6-13(5-8,7-12)11(16)17/h8-9H,2-7H2,1H3,(H,14,15)(H,16,17). The summed E-state index contributed by atoms with van der Waals surface area (Å²) in [4.78, 5) is 23.7. The number of hydrogen-bond donors (Lipinski definition) is 2. The van der Waals surface area contributed by atoms with Crippen LogP contribution in [-0.4, -0.2) is 24.0 Å². The molecule has 0 aliphatic heterocycles. The fourth-order valence-electron chi connectivity index (χ4n) is 5.04. The lowest BCUT2D eigenvalue weighted by Crippen LogP contribution is -2.59. The number of aliphatic carboxylic acids is 1. The van der Waals surface area contributed by atoms with Gasteiger partial charge in [0.25, 0.3) is 0 Å². The molecule has 0 aromatic carbocycles. The van der Waals surface area contributed by atoms with E-state index in [1.807, 2.05) is 0 Å². The summed E-state index contributed by atoms with van der Waals surface area (Å²) in [6, 6.07) is 0. The number of hydrogen-bond acceptors (Lipinski definition) is 2. The summed E-state index contributed by atoms with van der Waals surface area (Å²) < 4.78 is 0. The predicted octanol–water partition coefficient (Wildman–Crippen LogP) is 1.40. The predicted molar refractivity (Wildman–Crippen MR) is 61.3 cm³/mol. The summed E-state index contributed by atoms with van der Waals surface area (Å²) in [6.45, 7) is 0. The highest BCUT2D eigenvalue weighted by molar-refractivity contribution is 5.85. The van der Waals surface area contributed by atoms with Crippen LogP contribution >= 0.6 is 0 Å². The number of carbonyl (C=O) groups is 2. The molecule has 94 valence electrons. The van der Waals surface area contributed by atoms with Gasteiger partial charge in [-0.2, -0.15) is 0 Å². The molecule has 1 amide bonds. The van der Waals surface area contributed by atoms with Crippen LogP contribution in [0.25, 0.3) is 0 Å². The molecule has 17 heavy (non-hydrogen) atoms. The van der Waals surface area contributed by atoms with E-state index in [-0.39, 0.29) is 11.3 Å². The Hall–Kier alpha value is -1.06. The molecule has 4 rings (SSSR count). The molecule has 4 nitrogen and oxygen atoms in total. The third kappa shape index (κ3) is 1.36. The first-order chi connectivity index (χ1) is 8.00. The molecule has 4 aliphatic carbocycles. The highest BCUT2D eigenvalue weighted by Gasteiger charge is 2.63. The van der Waals surface area contributed by atoms with Crippen molar-refractivity contribution in [1.29, 1.82) is 0 Å². The van der Waals surface area contributed by atoms with Crippen LogP contribution in [0.3, 0.4) is 0 Å². The van der Waals surface area contributed by atoms with E-state index in [4.69, 9.17) is 0 Å². The van der Waals surface area contributed by atoms with Crippen molar-refractivity contribution in [2.75, 3.05) is 7.05 Å². The van der Waals surface area contributed by atoms with E-state index in [0.717, 1.165) is 32.1 Å². The van der Waals surface area contributed by atoms with Gasteiger partial charge < -0.3 is 10.4 Å². The number of rotatable bonds is 2. The average molecular weight is 237 g/mol. The van der Waals surface area contributed by atoms with Crippen molar-refractivity contribution in [2.45, 2.75) is 38.5 Å². The first-order valence-corrected chi connectivity index (χ1v) is 6.45. The number of nitrogens with one attached hydrogen (secondary N) is 1. The van der Waals surface area contributed by atoms with Crippen molar-refractivity contribution in [2.24, 2.45) is 22.7 Å². The Morgan fingerprint density at radius 3 is 2.12 bits per heavy atom. The van der Waals surface area contributed by atoms with Crippen LogP contribution in [0.15, 0.2) is 0 Å². The molecule has 4 bridgehead atoms. The molecular weight excluding hydrogens is 218 g/mol. The smallest absolute Gasteiger partial charge is 0.309 e. The van der Waals surface area contributed by atoms with Gasteiger partial charge >= 0.3 is 5.97 Å². The zero-order valence-electron chi connectivity index (χ0n) is 10.2. The van der Waals surface area contributed by atoms with Crippen LogP contribution in [0, 0.1) is 22.7 Å². The third-order valence-corrected chi connectivity index (χ3v) is 5.22. The molecule has 4 heteroatoms. The van der Waals surface area contributed by atoms with Gasteiger partial charge in [-0.3, -0.25) is 9.59 Å². The SMILES string of the molecule is CNC(=O)C12CC3CC(CC(C(=O)O)(C3)C1)C2. The Bertz CT molecular complexity index is 376. The fraction of sp³-hybridized carbons (Fsp3) is 0.846. The summed E-state index contributed by atoms with van der Waals surface area (Å²) in [5, 5.41) is 12.3. The van der Waals surface area contributed by atoms with Crippen LogP contribution < -0.4 is 5.32 Å². The van der Waals surface area contributed by atoms with Crippen LogP contribution in [0.1, 0.15) is 38.5 Å². The maximum Gasteiger partial charge on any atom is 0.309 e. The minimum Gasteiger partial charge on any atom is -0.481 e. The second-order valence-electron chi connectivity index (χ2n) is 6.41. The van der Waals surface area contributed by atoms with E-state index in [0.29, 0.717) is 18.3 Å². The quantitative estimate of drug-likeness (QED) is 0.763. The molecule has 4 saturated carbocycles. The molecule has 2 unspecified atom stereocenters. The van der Waals surface area contributed by atoms with E-state index in [1.54, 1.807) is 7.05 Å². The lowest BCUT2D eigenvalue weighted by molar-refractivity contribution is -0.178. The zero-order valence-corrected chi connectivity index (χ0v) is 10.2. The van der Waals surface area contributed by atoms with Gasteiger partial charge in [0.1, 0.15) is 0 Å². The summed E-state index contributed by atoms with van der Waals surface area (Å²) in [5.41, 5.74) is -0.978. The molecular formula is C13H19NO3. The minimum atomic E-state index is -0.681. The summed E-state index contributed by atoms with van der Waals surface area (Å²) >= 11 is 0. The summed E-state index contributed by atoms with van der Waals surface area (Å²) in [6.07, 6.45) is 5.07. The Morgan fingerprint density at radius 2 is 1.65 bits per heavy atom. The van der Waals surface area contributed by atoms with Crippen molar-refractivity contribution in [3.05, 3.63) is 0 Å². The van der Waals surface area contributed by atoms with Gasteiger partial charge in [0.15, 0.2) is 0 Å². The van der Waals surface area contributed by atoms with Gasteiger partial charge in [0.05, 0.1) is 10.8 Å². The lowest BCUT2D eigenvalue weighted by atomic mass is 9.44. The average Bonchev–Trinajstić information content (AvgIpc) is 2.26. The van der Waals surface area contributed by atoms with Gasteiger partial charge in [-0.05, 0) is 50.4 Å². The summed E-state index contributed by atoms with van der Waals surface area (Å²) in [5.74, 6) is 0.284. The molecule has 2 atom stereocenters. The Labute approximate surface area is 101 Å². The second kappa shape index (κ2) is 3.24. The highest BCUT2D eigenvalue weighted by atomic mass is 16.4. The molecule has 0 aromatic heterocycles. The molecule has 0 radical (unpaired) electrons. The van der Waals surface area contributed by atoms with Gasteiger partial charge in [0, 0.05) is 7.05 Å². The van der Waals surface area contributed by atoms with Gasteiger partial charge in [-0.15, -0.1) is 0 Å². The number of carboxylic acids is 1. The first-order valence-electron chi connectivity index (χ1n) is 6.45. The third-order valence-electron chi connectivity index (χ3n) is 5.22. The van der Waals surface area contributed by atoms with Crippen LogP contribution in [-0.2, 0) is 9.59 Å². The Morgan fingerprint density at radius 1 is 1.12 bits per heavy atom. The van der Waals surface area contributed by atoms with Crippen LogP contribution in [0.5, 0.6) is 0 Å². The van der Waals surface area contributed by atoms with Crippen molar-refractivity contribution in [3.8, 4) is 0 Å². The number of carbonyl (C=O) groups excluding carboxylic acids is 1. The molecule has 2 N–H and O–H groups in total. The van der Waals surface area contributed by atoms with E-state index < -0.39 is 11.4 Å². The van der Waals surface area contributed by atoms with Crippen molar-refractivity contribution < 1.29 is 14.7 Å². The van der Waals surface area contributed by atoms with Crippen molar-refractivity contribution in [1.82, 2.24) is 5.32 Å². The fourth-order valence-corrected chi connectivity index (χ4v) is 5.04. The zero-order chi connectivity index (χ0) is 12.3. The second-order valence-corrected chi connectivity index (χ2v) is 6.41. The lowest BCUT2D eigenvalue weighted by Gasteiger charge is -2.59. The minimum absolute atomic E-state index is 0.0669. The summed E-state index contributed by atoms with van der Waals surface area (Å²) in [7, 11) is 1.66.